The van der Waals surface area contributed by atoms with Crippen molar-refractivity contribution < 1.29 is 14.3 Å². The van der Waals surface area contributed by atoms with Crippen molar-refractivity contribution in [1.29, 1.82) is 0 Å². The van der Waals surface area contributed by atoms with Gasteiger partial charge in [-0.2, -0.15) is 5.10 Å². The highest BCUT2D eigenvalue weighted by Crippen LogP contribution is 2.20. The third-order valence-corrected chi connectivity index (χ3v) is 3.76. The van der Waals surface area contributed by atoms with Gasteiger partial charge in [0.2, 0.25) is 0 Å². The molecule has 2 aromatic rings. The number of nitrogens with one attached hydrogen (secondary N) is 2. The molecule has 2 amide bonds. The molecule has 0 aliphatic carbocycles. The molecule has 0 unspecified atom stereocenters. The predicted molar refractivity (Wildman–Crippen MR) is 106 cm³/mol. The fourth-order valence-corrected chi connectivity index (χ4v) is 2.37. The average molecular weight is 391 g/mol. The largest absolute Gasteiger partial charge is 0.444 e. The first-order valence-corrected chi connectivity index (χ1v) is 8.82. The number of ether oxygens (including phenoxy) is 1. The van der Waals surface area contributed by atoms with E-state index in [2.05, 4.69) is 20.8 Å². The highest BCUT2D eigenvalue weighted by atomic mass is 35.5. The maximum atomic E-state index is 12.0. The van der Waals surface area contributed by atoms with Crippen molar-refractivity contribution in [3.05, 3.63) is 40.5 Å². The second-order valence-corrected chi connectivity index (χ2v) is 7.52. The van der Waals surface area contributed by atoms with Gasteiger partial charge in [-0.15, -0.1) is 0 Å². The number of fused-ring (bicyclic) bond motifs is 1. The number of hydrogen-bond acceptors (Lipinski definition) is 5. The molecule has 2 rings (SSSR count). The number of carbonyl (C=O) groups excluding carboxylic acids is 2. The number of amides is 2. The predicted octanol–water partition coefficient (Wildman–Crippen LogP) is 3.56. The third-order valence-electron chi connectivity index (χ3n) is 3.46. The van der Waals surface area contributed by atoms with Crippen molar-refractivity contribution in [2.75, 3.05) is 0 Å². The quantitative estimate of drug-likeness (QED) is 0.474. The minimum Gasteiger partial charge on any atom is -0.444 e. The number of nitrogens with zero attached hydrogens (tertiary/aromatic N) is 2. The molecule has 0 saturated carbocycles. The molecule has 27 heavy (non-hydrogen) atoms. The van der Waals surface area contributed by atoms with E-state index in [-0.39, 0.29) is 5.15 Å². The Bertz CT molecular complexity index is 890. The summed E-state index contributed by atoms with van der Waals surface area (Å²) in [6.45, 7) is 8.73. The van der Waals surface area contributed by atoms with Crippen LogP contribution in [0.4, 0.5) is 4.79 Å². The van der Waals surface area contributed by atoms with E-state index < -0.39 is 23.6 Å². The second-order valence-electron chi connectivity index (χ2n) is 7.17. The lowest BCUT2D eigenvalue weighted by atomic mass is 10.1. The maximum Gasteiger partial charge on any atom is 0.408 e. The number of hydrogen-bond donors (Lipinski definition) is 2. The van der Waals surface area contributed by atoms with E-state index in [0.29, 0.717) is 5.56 Å². The lowest BCUT2D eigenvalue weighted by Crippen LogP contribution is -2.45. The van der Waals surface area contributed by atoms with Crippen LogP contribution in [0.5, 0.6) is 0 Å². The summed E-state index contributed by atoms with van der Waals surface area (Å²) >= 11 is 6.18. The van der Waals surface area contributed by atoms with E-state index in [0.717, 1.165) is 16.5 Å². The standard InChI is InChI=1S/C19H23ClN4O3/c1-11-6-7-13-9-14(16(20)23-15(13)8-11)10-21-24-17(25)12(2)22-18(26)27-19(3,4)5/h6-10,12H,1-5H3,(H,22,26)(H,24,25)/t12-/m0/s1. The molecule has 8 heteroatoms. The average Bonchev–Trinajstić information content (AvgIpc) is 2.53. The van der Waals surface area contributed by atoms with Gasteiger partial charge in [0.15, 0.2) is 0 Å². The maximum absolute atomic E-state index is 12.0. The first kappa shape index (κ1) is 20.6. The molecule has 0 aliphatic heterocycles. The van der Waals surface area contributed by atoms with Crippen LogP contribution in [0.15, 0.2) is 29.4 Å². The van der Waals surface area contributed by atoms with E-state index in [1.807, 2.05) is 31.2 Å². The van der Waals surface area contributed by atoms with Gasteiger partial charge in [-0.25, -0.2) is 15.2 Å². The van der Waals surface area contributed by atoms with Crippen LogP contribution in [0.2, 0.25) is 5.15 Å². The Morgan fingerprint density at radius 3 is 2.67 bits per heavy atom. The summed E-state index contributed by atoms with van der Waals surface area (Å²) in [6, 6.07) is 6.88. The molecule has 1 aromatic heterocycles. The van der Waals surface area contributed by atoms with Crippen LogP contribution < -0.4 is 10.7 Å². The molecule has 1 heterocycles. The fourth-order valence-electron chi connectivity index (χ4n) is 2.17. The molecule has 144 valence electrons. The molecule has 1 atom stereocenters. The van der Waals surface area contributed by atoms with Crippen molar-refractivity contribution in [3.8, 4) is 0 Å². The molecule has 2 N–H and O–H groups in total. The Kier molecular flexibility index (Phi) is 6.38. The topological polar surface area (TPSA) is 92.7 Å². The molecular formula is C19H23ClN4O3. The molecule has 0 bridgehead atoms. The smallest absolute Gasteiger partial charge is 0.408 e. The van der Waals surface area contributed by atoms with Gasteiger partial charge >= 0.3 is 6.09 Å². The third kappa shape index (κ3) is 6.21. The van der Waals surface area contributed by atoms with E-state index in [1.54, 1.807) is 20.8 Å². The molecule has 1 aromatic carbocycles. The molecule has 0 spiro atoms. The summed E-state index contributed by atoms with van der Waals surface area (Å²) in [6.07, 6.45) is 0.735. The van der Waals surface area contributed by atoms with Crippen LogP contribution in [0.1, 0.15) is 38.8 Å². The number of pyridine rings is 1. The van der Waals surface area contributed by atoms with Crippen LogP contribution in [0, 0.1) is 6.92 Å². The van der Waals surface area contributed by atoms with Gasteiger partial charge in [0.05, 0.1) is 11.7 Å². The van der Waals surface area contributed by atoms with E-state index in [4.69, 9.17) is 16.3 Å². The first-order valence-electron chi connectivity index (χ1n) is 8.44. The van der Waals surface area contributed by atoms with Gasteiger partial charge in [0.25, 0.3) is 5.91 Å². The van der Waals surface area contributed by atoms with Crippen LogP contribution in [-0.4, -0.2) is 34.8 Å². The van der Waals surface area contributed by atoms with Crippen molar-refractivity contribution in [2.24, 2.45) is 5.10 Å². The van der Waals surface area contributed by atoms with Gasteiger partial charge in [-0.05, 0) is 52.3 Å². The van der Waals surface area contributed by atoms with E-state index in [9.17, 15) is 9.59 Å². The van der Waals surface area contributed by atoms with Crippen molar-refractivity contribution >= 4 is 40.7 Å². The zero-order valence-electron chi connectivity index (χ0n) is 16.0. The van der Waals surface area contributed by atoms with Gasteiger partial charge in [-0.3, -0.25) is 4.79 Å². The molecule has 7 nitrogen and oxygen atoms in total. The number of aryl methyl sites for hydroxylation is 1. The summed E-state index contributed by atoms with van der Waals surface area (Å²) in [5.41, 5.74) is 4.16. The van der Waals surface area contributed by atoms with Gasteiger partial charge in [-0.1, -0.05) is 23.7 Å². The highest BCUT2D eigenvalue weighted by molar-refractivity contribution is 6.32. The molecule has 0 saturated heterocycles. The summed E-state index contributed by atoms with van der Waals surface area (Å²) in [7, 11) is 0. The summed E-state index contributed by atoms with van der Waals surface area (Å²) in [5, 5.41) is 7.53. The number of benzene rings is 1. The fraction of sp³-hybridized carbons (Fsp3) is 0.368. The molecule has 0 radical (unpaired) electrons. The van der Waals surface area contributed by atoms with Crippen molar-refractivity contribution in [3.63, 3.8) is 0 Å². The molecular weight excluding hydrogens is 368 g/mol. The highest BCUT2D eigenvalue weighted by Gasteiger charge is 2.20. The van der Waals surface area contributed by atoms with Gasteiger partial charge in [0, 0.05) is 10.9 Å². The number of alkyl carbamates (subject to hydrolysis) is 1. The Hall–Kier alpha value is -2.67. The summed E-state index contributed by atoms with van der Waals surface area (Å²) in [5.74, 6) is -0.488. The number of aromatic nitrogens is 1. The van der Waals surface area contributed by atoms with Crippen LogP contribution in [0.25, 0.3) is 10.9 Å². The van der Waals surface area contributed by atoms with E-state index >= 15 is 0 Å². The van der Waals surface area contributed by atoms with E-state index in [1.165, 1.54) is 13.1 Å². The Morgan fingerprint density at radius 1 is 1.30 bits per heavy atom. The van der Waals surface area contributed by atoms with Crippen LogP contribution >= 0.6 is 11.6 Å². The minimum atomic E-state index is -0.815. The zero-order valence-corrected chi connectivity index (χ0v) is 16.7. The SMILES string of the molecule is Cc1ccc2cc(C=NNC(=O)[C@H](C)NC(=O)OC(C)(C)C)c(Cl)nc2c1. The van der Waals surface area contributed by atoms with Crippen LogP contribution in [-0.2, 0) is 9.53 Å². The van der Waals surface area contributed by atoms with Crippen LogP contribution in [0.3, 0.4) is 0 Å². The molecule has 0 aliphatic rings. The number of rotatable bonds is 4. The first-order chi connectivity index (χ1) is 12.5. The Morgan fingerprint density at radius 2 is 2.00 bits per heavy atom. The minimum absolute atomic E-state index is 0.283. The monoisotopic (exact) mass is 390 g/mol. The number of halogens is 1. The molecule has 0 fully saturated rings. The number of carbonyl (C=O) groups is 2. The Labute approximate surface area is 163 Å². The Balaban J connectivity index is 1.99. The van der Waals surface area contributed by atoms with Crippen molar-refractivity contribution in [1.82, 2.24) is 15.7 Å². The van der Waals surface area contributed by atoms with Gasteiger partial charge in [0.1, 0.15) is 16.8 Å². The number of hydrazone groups is 1. The summed E-state index contributed by atoms with van der Waals surface area (Å²) < 4.78 is 5.10. The second kappa shape index (κ2) is 8.35. The van der Waals surface area contributed by atoms with Crippen molar-refractivity contribution in [2.45, 2.75) is 46.3 Å². The summed E-state index contributed by atoms with van der Waals surface area (Å²) in [4.78, 5) is 28.0. The zero-order chi connectivity index (χ0) is 20.2. The normalized spacial score (nSPS) is 12.8. The lowest BCUT2D eigenvalue weighted by Gasteiger charge is -2.21. The van der Waals surface area contributed by atoms with Gasteiger partial charge < -0.3 is 10.1 Å². The lowest BCUT2D eigenvalue weighted by molar-refractivity contribution is -0.122.